The van der Waals surface area contributed by atoms with E-state index < -0.39 is 71.9 Å². The fourth-order valence-corrected chi connectivity index (χ4v) is 7.50. The highest BCUT2D eigenvalue weighted by atomic mass is 16.6. The Morgan fingerprint density at radius 1 is 0.912 bits per heavy atom. The van der Waals surface area contributed by atoms with E-state index in [-0.39, 0.29) is 49.5 Å². The van der Waals surface area contributed by atoms with E-state index in [4.69, 9.17) is 4.74 Å². The van der Waals surface area contributed by atoms with Crippen LogP contribution in [0.5, 0.6) is 0 Å². The molecule has 0 spiro atoms. The fourth-order valence-electron chi connectivity index (χ4n) is 7.50. The first-order valence-corrected chi connectivity index (χ1v) is 20.8. The van der Waals surface area contributed by atoms with Gasteiger partial charge in [-0.2, -0.15) is 0 Å². The van der Waals surface area contributed by atoms with Crippen molar-refractivity contribution in [3.63, 3.8) is 0 Å². The van der Waals surface area contributed by atoms with Crippen LogP contribution in [0.1, 0.15) is 110 Å². The molecule has 2 heterocycles. The molecule has 6 atom stereocenters. The highest BCUT2D eigenvalue weighted by molar-refractivity contribution is 5.94. The molecule has 2 fully saturated rings. The number of hydrogen-bond acceptors (Lipinski definition) is 9. The second-order valence-corrected chi connectivity index (χ2v) is 16.5. The second kappa shape index (κ2) is 21.3. The van der Waals surface area contributed by atoms with Crippen LogP contribution < -0.4 is 21.3 Å². The zero-order valence-corrected chi connectivity index (χ0v) is 34.5. The molecular formula is C42H64N6O9. The fraction of sp³-hybridized carbons (Fsp3) is 0.690. The lowest BCUT2D eigenvalue weighted by Gasteiger charge is -2.33. The van der Waals surface area contributed by atoms with Crippen LogP contribution in [-0.4, -0.2) is 113 Å². The molecule has 2 aliphatic heterocycles. The minimum absolute atomic E-state index is 0.00811. The zero-order valence-electron chi connectivity index (χ0n) is 34.5. The van der Waals surface area contributed by atoms with Gasteiger partial charge in [0.25, 0.3) is 5.91 Å². The van der Waals surface area contributed by atoms with Crippen LogP contribution in [0, 0.1) is 17.8 Å². The molecule has 3 aliphatic rings. The van der Waals surface area contributed by atoms with E-state index in [2.05, 4.69) is 21.3 Å². The summed E-state index contributed by atoms with van der Waals surface area (Å²) in [6.45, 7) is 9.78. The molecule has 15 heteroatoms. The van der Waals surface area contributed by atoms with Crippen molar-refractivity contribution in [2.24, 2.45) is 17.8 Å². The highest BCUT2D eigenvalue weighted by Crippen LogP contribution is 2.27. The molecule has 0 bridgehead atoms. The van der Waals surface area contributed by atoms with Gasteiger partial charge in [0.05, 0.1) is 12.6 Å². The standard InChI is InChI=1S/C42H64N6O9/c1-7-12-33(37(51)40(54)44-29-17-18-29)45-39(53)34-22-31(57-42(56)47-20-19-27-13-8-9-14-28(27)23-47)24-48(34)41(55)36(26(4)5)46-38(52)32(25(2)3)21-30(49)15-10-11-16-35(50)43-6/h8-9,13-14,25-26,29,31-34,36-37,51H,7,10-12,15-24H2,1-6H3,(H,43,50)(H,44,54)(H,45,53)(H,46,52)/t31?,32-,33?,34-,36-,37?/m0/s1. The summed E-state index contributed by atoms with van der Waals surface area (Å²) in [5.74, 6) is -3.77. The lowest BCUT2D eigenvalue weighted by atomic mass is 9.88. The summed E-state index contributed by atoms with van der Waals surface area (Å²) >= 11 is 0. The lowest BCUT2D eigenvalue weighted by molar-refractivity contribution is -0.144. The van der Waals surface area contributed by atoms with Gasteiger partial charge in [-0.1, -0.05) is 65.3 Å². The van der Waals surface area contributed by atoms with Crippen LogP contribution in [0.3, 0.4) is 0 Å². The Morgan fingerprint density at radius 3 is 2.23 bits per heavy atom. The number of nitrogens with zero attached hydrogens (tertiary/aromatic N) is 2. The van der Waals surface area contributed by atoms with Crippen LogP contribution in [0.15, 0.2) is 24.3 Å². The number of fused-ring (bicyclic) bond motifs is 1. The minimum atomic E-state index is -1.51. The van der Waals surface area contributed by atoms with E-state index >= 15 is 0 Å². The third-order valence-electron chi connectivity index (χ3n) is 11.2. The van der Waals surface area contributed by atoms with Gasteiger partial charge in [-0.3, -0.25) is 28.8 Å². The smallest absolute Gasteiger partial charge is 0.410 e. The van der Waals surface area contributed by atoms with Crippen molar-refractivity contribution in [3.8, 4) is 0 Å². The number of unbranched alkanes of at least 4 members (excludes halogenated alkanes) is 1. The average Bonchev–Trinajstić information content (AvgIpc) is 3.90. The topological polar surface area (TPSA) is 204 Å². The molecule has 6 amide bonds. The molecule has 15 nitrogen and oxygen atoms in total. The second-order valence-electron chi connectivity index (χ2n) is 16.5. The van der Waals surface area contributed by atoms with E-state index in [1.54, 1.807) is 25.8 Å². The highest BCUT2D eigenvalue weighted by Gasteiger charge is 2.46. The molecule has 316 valence electrons. The molecule has 0 aromatic heterocycles. The Morgan fingerprint density at radius 2 is 1.60 bits per heavy atom. The number of amides is 6. The third kappa shape index (κ3) is 13.0. The number of nitrogens with one attached hydrogen (secondary N) is 4. The van der Waals surface area contributed by atoms with Crippen molar-refractivity contribution >= 4 is 41.4 Å². The average molecular weight is 797 g/mol. The first-order valence-electron chi connectivity index (χ1n) is 20.8. The molecule has 1 saturated heterocycles. The molecule has 1 aromatic rings. The minimum Gasteiger partial charge on any atom is -0.444 e. The number of ether oxygens (including phenoxy) is 1. The molecule has 4 rings (SSSR count). The van der Waals surface area contributed by atoms with Gasteiger partial charge in [0, 0.05) is 57.8 Å². The molecule has 5 N–H and O–H groups in total. The first-order chi connectivity index (χ1) is 27.1. The van der Waals surface area contributed by atoms with Gasteiger partial charge in [0.2, 0.25) is 23.6 Å². The SMILES string of the molecule is CCCC(NC(=O)[C@@H]1CC(OC(=O)N2CCc3ccccc3C2)CN1C(=O)[C@@H](NC(=O)[C@@H](CC(=O)CCCCC(=O)NC)C(C)C)C(C)C)C(O)C(=O)NC1CC1. The van der Waals surface area contributed by atoms with Crippen molar-refractivity contribution in [2.75, 3.05) is 20.1 Å². The van der Waals surface area contributed by atoms with Crippen LogP contribution in [0.2, 0.25) is 0 Å². The predicted octanol–water partition coefficient (Wildman–Crippen LogP) is 2.75. The number of likely N-dealkylation sites (tertiary alicyclic amines) is 1. The molecule has 0 radical (unpaired) electrons. The van der Waals surface area contributed by atoms with Crippen molar-refractivity contribution < 1.29 is 43.4 Å². The maximum atomic E-state index is 14.5. The van der Waals surface area contributed by atoms with E-state index in [9.17, 15) is 38.7 Å². The number of benzene rings is 1. The van der Waals surface area contributed by atoms with Gasteiger partial charge in [-0.25, -0.2) is 4.79 Å². The normalized spacial score (nSPS) is 19.9. The summed E-state index contributed by atoms with van der Waals surface area (Å²) in [6.07, 6.45) is 1.81. The molecule has 1 saturated carbocycles. The number of hydrogen-bond donors (Lipinski definition) is 5. The molecular weight excluding hydrogens is 732 g/mol. The number of Topliss-reactive ketones (excluding diaryl/α,β-unsaturated/α-hetero) is 1. The Bertz CT molecular complexity index is 1600. The van der Waals surface area contributed by atoms with Gasteiger partial charge in [0.1, 0.15) is 24.0 Å². The number of carbonyl (C=O) groups is 7. The molecule has 1 aliphatic carbocycles. The van der Waals surface area contributed by atoms with E-state index in [0.717, 1.165) is 24.0 Å². The van der Waals surface area contributed by atoms with Gasteiger partial charge in [0.15, 0.2) is 6.10 Å². The van der Waals surface area contributed by atoms with Crippen molar-refractivity contribution in [1.29, 1.82) is 0 Å². The summed E-state index contributed by atoms with van der Waals surface area (Å²) in [7, 11) is 1.56. The van der Waals surface area contributed by atoms with Gasteiger partial charge in [-0.05, 0) is 61.5 Å². The molecule has 1 aromatic carbocycles. The van der Waals surface area contributed by atoms with Crippen molar-refractivity contribution in [3.05, 3.63) is 35.4 Å². The summed E-state index contributed by atoms with van der Waals surface area (Å²) in [6, 6.07) is 4.74. The summed E-state index contributed by atoms with van der Waals surface area (Å²) < 4.78 is 5.96. The van der Waals surface area contributed by atoms with Crippen LogP contribution in [0.25, 0.3) is 0 Å². The summed E-state index contributed by atoms with van der Waals surface area (Å²) in [4.78, 5) is 96.2. The Labute approximate surface area is 336 Å². The van der Waals surface area contributed by atoms with Gasteiger partial charge >= 0.3 is 6.09 Å². The first kappa shape index (κ1) is 45.2. The maximum Gasteiger partial charge on any atom is 0.410 e. The number of aliphatic hydroxyl groups is 1. The summed E-state index contributed by atoms with van der Waals surface area (Å²) in [5.41, 5.74) is 2.18. The van der Waals surface area contributed by atoms with E-state index in [1.165, 1.54) is 4.90 Å². The van der Waals surface area contributed by atoms with Crippen LogP contribution >= 0.6 is 0 Å². The molecule has 3 unspecified atom stereocenters. The number of ketones is 1. The van der Waals surface area contributed by atoms with Crippen molar-refractivity contribution in [1.82, 2.24) is 31.1 Å². The number of carbonyl (C=O) groups excluding carboxylic acids is 7. The van der Waals surface area contributed by atoms with Gasteiger partial charge < -0.3 is 40.9 Å². The van der Waals surface area contributed by atoms with Gasteiger partial charge in [-0.15, -0.1) is 0 Å². The lowest BCUT2D eigenvalue weighted by Crippen LogP contribution is -2.58. The summed E-state index contributed by atoms with van der Waals surface area (Å²) in [5, 5.41) is 22.0. The zero-order chi connectivity index (χ0) is 41.8. The molecule has 57 heavy (non-hydrogen) atoms. The Balaban J connectivity index is 1.50. The quantitative estimate of drug-likeness (QED) is 0.123. The van der Waals surface area contributed by atoms with E-state index in [0.29, 0.717) is 51.6 Å². The predicted molar refractivity (Wildman–Crippen MR) is 212 cm³/mol. The Kier molecular flexibility index (Phi) is 16.9. The number of rotatable bonds is 20. The largest absolute Gasteiger partial charge is 0.444 e. The third-order valence-corrected chi connectivity index (χ3v) is 11.2. The van der Waals surface area contributed by atoms with Crippen LogP contribution in [-0.2, 0) is 46.5 Å². The van der Waals surface area contributed by atoms with Crippen LogP contribution in [0.4, 0.5) is 4.79 Å². The number of aliphatic hydroxyl groups excluding tert-OH is 1. The van der Waals surface area contributed by atoms with E-state index in [1.807, 2.05) is 45.0 Å². The monoisotopic (exact) mass is 796 g/mol. The maximum absolute atomic E-state index is 14.5. The van der Waals surface area contributed by atoms with Crippen molar-refractivity contribution in [2.45, 2.75) is 148 Å². The Hall–Kier alpha value is -4.53.